The minimum atomic E-state index is 1.28. The second-order valence-corrected chi connectivity index (χ2v) is 1.65. The van der Waals surface area contributed by atoms with Crippen LogP contribution in [0.5, 0.6) is 0 Å². The van der Waals surface area contributed by atoms with Crippen molar-refractivity contribution >= 4 is 0 Å². The van der Waals surface area contributed by atoms with Crippen LogP contribution in [0.25, 0.3) is 0 Å². The molecule has 5 heavy (non-hydrogen) atoms. The Balaban J connectivity index is 2.08. The van der Waals surface area contributed by atoms with E-state index >= 15 is 0 Å². The van der Waals surface area contributed by atoms with Crippen LogP contribution in [0.4, 0.5) is 0 Å². The van der Waals surface area contributed by atoms with Crippen LogP contribution in [0.3, 0.4) is 0 Å². The van der Waals surface area contributed by atoms with Gasteiger partial charge in [0, 0.05) is 0 Å². The molecule has 0 saturated heterocycles. The van der Waals surface area contributed by atoms with E-state index < -0.39 is 0 Å². The van der Waals surface area contributed by atoms with Crippen molar-refractivity contribution in [2.75, 3.05) is 0 Å². The highest BCUT2D eigenvalue weighted by molar-refractivity contribution is 5.04. The molecule has 1 aliphatic rings. The molecule has 0 spiro atoms. The second kappa shape index (κ2) is 1.00. The number of hydrogen-bond acceptors (Lipinski definition) is 0. The maximum Gasteiger partial charge on any atom is -0.0266 e. The Morgan fingerprint density at radius 2 is 2.00 bits per heavy atom. The van der Waals surface area contributed by atoms with E-state index in [4.69, 9.17) is 0 Å². The summed E-state index contributed by atoms with van der Waals surface area (Å²) in [5.74, 6) is 1.63. The smallest absolute Gasteiger partial charge is 0.0266 e. The zero-order valence-electron chi connectivity index (χ0n) is 3.49. The lowest BCUT2D eigenvalue weighted by Crippen LogP contribution is -2.02. The summed E-state index contributed by atoms with van der Waals surface area (Å²) in [6, 6.07) is 0. The zero-order valence-corrected chi connectivity index (χ0v) is 3.49. The van der Waals surface area contributed by atoms with Crippen molar-refractivity contribution in [3.63, 3.8) is 0 Å². The molecule has 0 nitrogen and oxygen atoms in total. The van der Waals surface area contributed by atoms with E-state index in [2.05, 4.69) is 13.3 Å². The van der Waals surface area contributed by atoms with E-state index in [-0.39, 0.29) is 0 Å². The summed E-state index contributed by atoms with van der Waals surface area (Å²) >= 11 is 0. The van der Waals surface area contributed by atoms with Crippen molar-refractivity contribution in [3.8, 4) is 0 Å². The predicted octanol–water partition coefficient (Wildman–Crippen LogP) is 1.58. The fourth-order valence-corrected chi connectivity index (χ4v) is 0.433. The molecule has 0 amide bonds. The zero-order chi connectivity index (χ0) is 3.70. The predicted molar refractivity (Wildman–Crippen MR) is 22.5 cm³/mol. The molecule has 1 aliphatic carbocycles. The van der Waals surface area contributed by atoms with E-state index in [1.807, 2.05) is 0 Å². The summed E-state index contributed by atoms with van der Waals surface area (Å²) in [5, 5.41) is 0. The Bertz CT molecular complexity index is 27.0. The average molecular weight is 68.1 g/mol. The third kappa shape index (κ3) is 0.444. The van der Waals surface area contributed by atoms with Gasteiger partial charge in [-0.05, 0) is 25.2 Å². The number of rotatable bonds is 0. The lowest BCUT2D eigenvalue weighted by molar-refractivity contribution is 0.707. The summed E-state index contributed by atoms with van der Waals surface area (Å²) in [6.07, 6.45) is 4.84. The molecular formula is C5H8. The topological polar surface area (TPSA) is 0 Å². The van der Waals surface area contributed by atoms with E-state index in [9.17, 15) is 0 Å². The maximum atomic E-state index is 2.29. The molecule has 0 atom stereocenters. The molecule has 0 unspecified atom stereocenters. The Morgan fingerprint density at radius 3 is 2.00 bits per heavy atom. The summed E-state index contributed by atoms with van der Waals surface area (Å²) in [4.78, 5) is 0. The van der Waals surface area contributed by atoms with E-state index in [1.165, 1.54) is 12.8 Å². The van der Waals surface area contributed by atoms with Gasteiger partial charge < -0.3 is 0 Å². The minimum Gasteiger partial charge on any atom is -0.0591 e. The quantitative estimate of drug-likeness (QED) is 0.404. The molecule has 1 fully saturated rings. The molecule has 28 valence electrons. The van der Waals surface area contributed by atoms with E-state index in [1.54, 1.807) is 5.92 Å². The first-order valence-corrected chi connectivity index (χ1v) is 2.02. The largest absolute Gasteiger partial charge is 0.0591 e. The molecule has 0 heterocycles. The van der Waals surface area contributed by atoms with Crippen molar-refractivity contribution in [1.82, 2.24) is 0 Å². The Morgan fingerprint density at radius 1 is 1.60 bits per heavy atom. The van der Waals surface area contributed by atoms with Crippen LogP contribution in [0.15, 0.2) is 0 Å². The minimum absolute atomic E-state index is 1.28. The van der Waals surface area contributed by atoms with Gasteiger partial charge in [-0.2, -0.15) is 0 Å². The SMILES string of the molecule is C[C]1C[CH]C1. The van der Waals surface area contributed by atoms with Gasteiger partial charge in [0.05, 0.1) is 0 Å². The maximum absolute atomic E-state index is 2.29. The molecule has 0 aromatic carbocycles. The Labute approximate surface area is 33.2 Å². The van der Waals surface area contributed by atoms with Crippen molar-refractivity contribution in [2.24, 2.45) is 0 Å². The molecule has 0 N–H and O–H groups in total. The summed E-state index contributed by atoms with van der Waals surface area (Å²) in [6.45, 7) is 2.19. The van der Waals surface area contributed by atoms with Crippen LogP contribution >= 0.6 is 0 Å². The summed E-state index contributed by atoms with van der Waals surface area (Å²) < 4.78 is 0. The molecule has 0 aromatic rings. The third-order valence-corrected chi connectivity index (χ3v) is 0.986. The first-order chi connectivity index (χ1) is 2.39. The van der Waals surface area contributed by atoms with Gasteiger partial charge in [0.25, 0.3) is 0 Å². The lowest BCUT2D eigenvalue weighted by Gasteiger charge is -2.17. The molecule has 0 heteroatoms. The second-order valence-electron chi connectivity index (χ2n) is 1.65. The third-order valence-electron chi connectivity index (χ3n) is 0.986. The van der Waals surface area contributed by atoms with E-state index in [0.717, 1.165) is 0 Å². The fourth-order valence-electron chi connectivity index (χ4n) is 0.433. The standard InChI is InChI=1S/C5H8/c1-5-3-2-4-5/h2H,3-4H2,1H3. The molecular weight excluding hydrogens is 60.1 g/mol. The first-order valence-electron chi connectivity index (χ1n) is 2.02. The normalized spacial score (nSPS) is 25.8. The van der Waals surface area contributed by atoms with Crippen LogP contribution < -0.4 is 0 Å². The lowest BCUT2D eigenvalue weighted by atomic mass is 9.88. The average Bonchev–Trinajstić information content (AvgIpc) is 1.30. The number of hydrogen-bond donors (Lipinski definition) is 0. The van der Waals surface area contributed by atoms with Crippen LogP contribution in [0, 0.1) is 12.3 Å². The summed E-state index contributed by atoms with van der Waals surface area (Å²) in [5.41, 5.74) is 0. The van der Waals surface area contributed by atoms with Crippen molar-refractivity contribution in [2.45, 2.75) is 19.8 Å². The molecule has 0 bridgehead atoms. The molecule has 1 rings (SSSR count). The Kier molecular flexibility index (Phi) is 0.640. The van der Waals surface area contributed by atoms with Gasteiger partial charge in [-0.25, -0.2) is 0 Å². The van der Waals surface area contributed by atoms with Gasteiger partial charge in [0.1, 0.15) is 0 Å². The van der Waals surface area contributed by atoms with Crippen LogP contribution in [0.2, 0.25) is 0 Å². The van der Waals surface area contributed by atoms with Gasteiger partial charge >= 0.3 is 0 Å². The van der Waals surface area contributed by atoms with Gasteiger partial charge in [-0.1, -0.05) is 6.92 Å². The van der Waals surface area contributed by atoms with Gasteiger partial charge in [-0.15, -0.1) is 0 Å². The van der Waals surface area contributed by atoms with E-state index in [0.29, 0.717) is 0 Å². The molecule has 2 radical (unpaired) electrons. The van der Waals surface area contributed by atoms with Crippen LogP contribution in [-0.4, -0.2) is 0 Å². The van der Waals surface area contributed by atoms with Crippen molar-refractivity contribution in [3.05, 3.63) is 12.3 Å². The fraction of sp³-hybridized carbons (Fsp3) is 0.600. The Hall–Kier alpha value is 0. The van der Waals surface area contributed by atoms with Gasteiger partial charge in [0.2, 0.25) is 0 Å². The molecule has 0 aromatic heterocycles. The molecule has 0 aliphatic heterocycles. The highest BCUT2D eigenvalue weighted by Crippen LogP contribution is 2.25. The van der Waals surface area contributed by atoms with Gasteiger partial charge in [-0.3, -0.25) is 0 Å². The summed E-state index contributed by atoms with van der Waals surface area (Å²) in [7, 11) is 0. The van der Waals surface area contributed by atoms with Crippen LogP contribution in [0.1, 0.15) is 19.8 Å². The van der Waals surface area contributed by atoms with Crippen molar-refractivity contribution < 1.29 is 0 Å². The monoisotopic (exact) mass is 68.1 g/mol. The highest BCUT2D eigenvalue weighted by atomic mass is 14.1. The molecule has 1 saturated carbocycles. The van der Waals surface area contributed by atoms with Gasteiger partial charge in [0.15, 0.2) is 0 Å². The highest BCUT2D eigenvalue weighted by Gasteiger charge is 2.10. The first kappa shape index (κ1) is 3.20. The van der Waals surface area contributed by atoms with Crippen molar-refractivity contribution in [1.29, 1.82) is 0 Å². The van der Waals surface area contributed by atoms with Crippen LogP contribution in [-0.2, 0) is 0 Å².